The molecule has 2 atom stereocenters. The Hall–Kier alpha value is -2.71. The number of benzene rings is 1. The van der Waals surface area contributed by atoms with Crippen molar-refractivity contribution in [2.75, 3.05) is 45.8 Å². The van der Waals surface area contributed by atoms with Gasteiger partial charge in [0.05, 0.1) is 10.6 Å². The zero-order chi connectivity index (χ0) is 30.0. The molecule has 1 aromatic carbocycles. The fourth-order valence-corrected chi connectivity index (χ4v) is 7.23. The maximum atomic E-state index is 14.9. The van der Waals surface area contributed by atoms with E-state index in [1.807, 2.05) is 9.80 Å². The van der Waals surface area contributed by atoms with Crippen LogP contribution in [0.5, 0.6) is 0 Å². The van der Waals surface area contributed by atoms with E-state index in [4.69, 9.17) is 16.1 Å². The normalized spacial score (nSPS) is 21.6. The molecule has 4 aliphatic rings. The van der Waals surface area contributed by atoms with Crippen molar-refractivity contribution >= 4 is 23.4 Å². The second-order valence-corrected chi connectivity index (χ2v) is 13.2. The van der Waals surface area contributed by atoms with Gasteiger partial charge in [0.1, 0.15) is 22.8 Å². The minimum absolute atomic E-state index is 0.0823. The van der Waals surface area contributed by atoms with Crippen LogP contribution in [0.25, 0.3) is 11.3 Å². The number of rotatable bonds is 11. The third-order valence-corrected chi connectivity index (χ3v) is 10.2. The predicted molar refractivity (Wildman–Crippen MR) is 163 cm³/mol. The molecule has 3 aliphatic carbocycles. The Bertz CT molecular complexity index is 1310. The first kappa shape index (κ1) is 30.7. The number of nitrogens with zero attached hydrogens (tertiary/aromatic N) is 4. The highest BCUT2D eigenvalue weighted by Gasteiger charge is 2.51. The van der Waals surface area contributed by atoms with Crippen molar-refractivity contribution in [1.29, 1.82) is 0 Å². The molecule has 0 spiro atoms. The van der Waals surface area contributed by atoms with Crippen LogP contribution in [0.4, 0.5) is 4.39 Å². The van der Waals surface area contributed by atoms with E-state index in [9.17, 15) is 14.0 Å². The van der Waals surface area contributed by atoms with E-state index in [1.165, 1.54) is 17.7 Å². The molecule has 2 bridgehead atoms. The van der Waals surface area contributed by atoms with E-state index in [0.717, 1.165) is 45.2 Å². The zero-order valence-electron chi connectivity index (χ0n) is 25.4. The molecule has 0 radical (unpaired) electrons. The quantitative estimate of drug-likeness (QED) is 0.215. The summed E-state index contributed by atoms with van der Waals surface area (Å²) in [6, 6.07) is 4.43. The topological polar surface area (TPSA) is 69.9 Å². The number of amides is 2. The van der Waals surface area contributed by atoms with Gasteiger partial charge in [0.25, 0.3) is 5.91 Å². The van der Waals surface area contributed by atoms with Gasteiger partial charge in [-0.2, -0.15) is 0 Å². The van der Waals surface area contributed by atoms with Crippen molar-refractivity contribution in [2.45, 2.75) is 66.2 Å². The molecule has 9 heteroatoms. The summed E-state index contributed by atoms with van der Waals surface area (Å²) in [4.78, 5) is 33.1. The number of unbranched alkanes of at least 4 members (excludes halogenated alkanes) is 2. The molecular formula is C33H44ClFN4O3. The Balaban J connectivity index is 1.33. The van der Waals surface area contributed by atoms with E-state index in [-0.39, 0.29) is 39.1 Å². The average Bonchev–Trinajstić information content (AvgIpc) is 3.35. The molecule has 2 heterocycles. The van der Waals surface area contributed by atoms with Crippen LogP contribution in [-0.2, 0) is 4.79 Å². The first-order valence-corrected chi connectivity index (χ1v) is 15.9. The molecular weight excluding hydrogens is 555 g/mol. The van der Waals surface area contributed by atoms with Crippen LogP contribution in [0.15, 0.2) is 34.4 Å². The van der Waals surface area contributed by atoms with Gasteiger partial charge in [0, 0.05) is 52.2 Å². The first-order chi connectivity index (χ1) is 20.1. The highest BCUT2D eigenvalue weighted by Crippen LogP contribution is 2.59. The molecule has 42 heavy (non-hydrogen) atoms. The lowest BCUT2D eigenvalue weighted by atomic mass is 9.49. The minimum Gasteiger partial charge on any atom is -0.360 e. The summed E-state index contributed by atoms with van der Waals surface area (Å²) in [5.74, 6) is 0.970. The summed E-state index contributed by atoms with van der Waals surface area (Å²) < 4.78 is 20.4. The summed E-state index contributed by atoms with van der Waals surface area (Å²) in [5.41, 5.74) is 2.02. The van der Waals surface area contributed by atoms with Crippen molar-refractivity contribution in [3.8, 4) is 11.3 Å². The molecule has 2 fully saturated rings. The summed E-state index contributed by atoms with van der Waals surface area (Å²) in [5, 5.41) is 4.28. The Morgan fingerprint density at radius 1 is 1.19 bits per heavy atom. The SMILES string of the molecule is CCCCCC(=O)N1CCN(CCN(CC2=CCC3CC2C3(C)C)C(=O)c2c(-c3c(F)cccc3Cl)noc2C)CC1. The Morgan fingerprint density at radius 2 is 1.95 bits per heavy atom. The van der Waals surface area contributed by atoms with Gasteiger partial charge in [-0.1, -0.05) is 68.1 Å². The number of aryl methyl sites for hydroxylation is 1. The van der Waals surface area contributed by atoms with Crippen LogP contribution >= 0.6 is 11.6 Å². The van der Waals surface area contributed by atoms with Crippen LogP contribution in [0.3, 0.4) is 0 Å². The van der Waals surface area contributed by atoms with Gasteiger partial charge >= 0.3 is 0 Å². The van der Waals surface area contributed by atoms with Crippen molar-refractivity contribution in [3.63, 3.8) is 0 Å². The first-order valence-electron chi connectivity index (χ1n) is 15.5. The lowest BCUT2D eigenvalue weighted by molar-refractivity contribution is -0.133. The summed E-state index contributed by atoms with van der Waals surface area (Å²) in [7, 11) is 0. The van der Waals surface area contributed by atoms with Crippen LogP contribution in [0.1, 0.15) is 75.4 Å². The van der Waals surface area contributed by atoms with Gasteiger partial charge in [0.2, 0.25) is 5.91 Å². The lowest BCUT2D eigenvalue weighted by Crippen LogP contribution is -2.52. The number of carbonyl (C=O) groups excluding carboxylic acids is 2. The number of hydrogen-bond donors (Lipinski definition) is 0. The molecule has 1 aliphatic heterocycles. The van der Waals surface area contributed by atoms with Gasteiger partial charge in [0.15, 0.2) is 0 Å². The maximum Gasteiger partial charge on any atom is 0.260 e. The molecule has 1 aromatic heterocycles. The molecule has 1 saturated carbocycles. The average molecular weight is 599 g/mol. The zero-order valence-corrected chi connectivity index (χ0v) is 26.2. The smallest absolute Gasteiger partial charge is 0.260 e. The van der Waals surface area contributed by atoms with Crippen molar-refractivity contribution in [2.24, 2.45) is 17.3 Å². The molecule has 7 nitrogen and oxygen atoms in total. The third kappa shape index (κ3) is 6.16. The minimum atomic E-state index is -0.546. The van der Waals surface area contributed by atoms with Gasteiger partial charge in [-0.15, -0.1) is 0 Å². The van der Waals surface area contributed by atoms with E-state index in [0.29, 0.717) is 56.7 Å². The van der Waals surface area contributed by atoms with Crippen LogP contribution < -0.4 is 0 Å². The second kappa shape index (κ2) is 12.9. The standard InChI is InChI=1S/C33H44ClFN4O3/c1-5-6-7-11-28(40)38-17-14-37(15-18-38)16-19-39(21-23-12-13-24-20-25(23)33(24,3)4)32(41)29-22(2)42-36-31(29)30-26(34)9-8-10-27(30)35/h8-10,12,24-25H,5-7,11,13-21H2,1-4H3. The summed E-state index contributed by atoms with van der Waals surface area (Å²) in [6.07, 6.45) is 8.28. The lowest BCUT2D eigenvalue weighted by Gasteiger charge is -2.57. The number of halogens is 2. The maximum absolute atomic E-state index is 14.9. The van der Waals surface area contributed by atoms with Gasteiger partial charge in [-0.05, 0) is 55.6 Å². The van der Waals surface area contributed by atoms with E-state index in [1.54, 1.807) is 13.0 Å². The number of carbonyl (C=O) groups is 2. The van der Waals surface area contributed by atoms with Gasteiger partial charge < -0.3 is 14.3 Å². The van der Waals surface area contributed by atoms with E-state index >= 15 is 0 Å². The molecule has 228 valence electrons. The molecule has 1 saturated heterocycles. The predicted octanol–water partition coefficient (Wildman–Crippen LogP) is 6.60. The van der Waals surface area contributed by atoms with Crippen LogP contribution in [0, 0.1) is 30.0 Å². The van der Waals surface area contributed by atoms with Crippen molar-refractivity contribution in [3.05, 3.63) is 52.0 Å². The van der Waals surface area contributed by atoms with Crippen molar-refractivity contribution < 1.29 is 18.5 Å². The Labute approximate surface area is 254 Å². The number of hydrogen-bond acceptors (Lipinski definition) is 5. The number of piperazine rings is 1. The largest absolute Gasteiger partial charge is 0.360 e. The van der Waals surface area contributed by atoms with E-state index in [2.05, 4.69) is 36.9 Å². The van der Waals surface area contributed by atoms with Gasteiger partial charge in [-0.25, -0.2) is 4.39 Å². The second-order valence-electron chi connectivity index (χ2n) is 12.8. The fraction of sp³-hybridized carbons (Fsp3) is 0.606. The van der Waals surface area contributed by atoms with Crippen LogP contribution in [-0.4, -0.2) is 77.5 Å². The Kier molecular flexibility index (Phi) is 9.43. The highest BCUT2D eigenvalue weighted by molar-refractivity contribution is 6.33. The molecule has 0 N–H and O–H groups in total. The van der Waals surface area contributed by atoms with E-state index < -0.39 is 5.82 Å². The molecule has 2 unspecified atom stereocenters. The third-order valence-electron chi connectivity index (χ3n) is 9.92. The highest BCUT2D eigenvalue weighted by atomic mass is 35.5. The summed E-state index contributed by atoms with van der Waals surface area (Å²) >= 11 is 6.38. The number of fused-ring (bicyclic) bond motifs is 1. The van der Waals surface area contributed by atoms with Crippen LogP contribution in [0.2, 0.25) is 5.02 Å². The Morgan fingerprint density at radius 3 is 2.62 bits per heavy atom. The monoisotopic (exact) mass is 598 g/mol. The molecule has 2 amide bonds. The number of allylic oxidation sites excluding steroid dienone is 1. The summed E-state index contributed by atoms with van der Waals surface area (Å²) in [6.45, 7) is 13.2. The molecule has 6 rings (SSSR count). The van der Waals surface area contributed by atoms with Gasteiger partial charge in [-0.3, -0.25) is 14.5 Å². The number of aromatic nitrogens is 1. The fourth-order valence-electron chi connectivity index (χ4n) is 6.97. The van der Waals surface area contributed by atoms with Crippen molar-refractivity contribution in [1.82, 2.24) is 19.9 Å². The molecule has 2 aromatic rings.